The number of imidazole rings is 1. The average molecular weight is 645 g/mol. The van der Waals surface area contributed by atoms with E-state index in [1.807, 2.05) is 4.90 Å². The van der Waals surface area contributed by atoms with Gasteiger partial charge in [0.05, 0.1) is 29.6 Å². The highest BCUT2D eigenvalue weighted by Crippen LogP contribution is 2.31. The van der Waals surface area contributed by atoms with Crippen LogP contribution in [0.5, 0.6) is 5.75 Å². The zero-order valence-electron chi connectivity index (χ0n) is 25.0. The van der Waals surface area contributed by atoms with E-state index in [-0.39, 0.29) is 63.8 Å². The molecule has 1 unspecified atom stereocenters. The van der Waals surface area contributed by atoms with Crippen molar-refractivity contribution in [3.63, 3.8) is 0 Å². The van der Waals surface area contributed by atoms with Crippen LogP contribution in [0, 0.1) is 17.6 Å². The van der Waals surface area contributed by atoms with E-state index in [0.29, 0.717) is 57.7 Å². The number of aliphatic hydroxyl groups excluding tert-OH is 1. The third-order valence-corrected chi connectivity index (χ3v) is 8.68. The molecular formula is C31H35ClF2N6O5. The number of likely N-dealkylation sites (tertiary alicyclic amines) is 1. The number of amides is 3. The van der Waals surface area contributed by atoms with Gasteiger partial charge < -0.3 is 34.8 Å². The Morgan fingerprint density at radius 1 is 1.11 bits per heavy atom. The smallest absolute Gasteiger partial charge is 0.291 e. The fourth-order valence-corrected chi connectivity index (χ4v) is 6.11. The first-order valence-corrected chi connectivity index (χ1v) is 15.1. The van der Waals surface area contributed by atoms with E-state index < -0.39 is 17.5 Å². The van der Waals surface area contributed by atoms with Crippen molar-refractivity contribution < 1.29 is 33.0 Å². The predicted molar refractivity (Wildman–Crippen MR) is 163 cm³/mol. The van der Waals surface area contributed by atoms with E-state index in [1.54, 1.807) is 11.0 Å². The molecule has 3 aromatic rings. The van der Waals surface area contributed by atoms with Crippen LogP contribution in [0.25, 0.3) is 11.3 Å². The molecule has 3 amide bonds. The number of hydrogen-bond donors (Lipinski definition) is 3. The van der Waals surface area contributed by atoms with Crippen molar-refractivity contribution in [2.24, 2.45) is 13.0 Å². The van der Waals surface area contributed by atoms with E-state index in [4.69, 9.17) is 16.3 Å². The highest BCUT2D eigenvalue weighted by atomic mass is 35.5. The van der Waals surface area contributed by atoms with Crippen molar-refractivity contribution in [3.05, 3.63) is 64.6 Å². The Hall–Kier alpha value is -4.07. The molecule has 45 heavy (non-hydrogen) atoms. The molecule has 1 atom stereocenters. The minimum atomic E-state index is -1.15. The van der Waals surface area contributed by atoms with Crippen molar-refractivity contribution >= 4 is 35.0 Å². The molecule has 2 aliphatic heterocycles. The Kier molecular flexibility index (Phi) is 10.0. The number of piperazine rings is 1. The number of carbonyl (C=O) groups excluding carboxylic acids is 3. The molecule has 1 aromatic heterocycles. The average Bonchev–Trinajstić information content (AvgIpc) is 3.43. The molecule has 3 heterocycles. The van der Waals surface area contributed by atoms with Gasteiger partial charge >= 0.3 is 0 Å². The molecule has 0 bridgehead atoms. The maximum absolute atomic E-state index is 14.7. The van der Waals surface area contributed by atoms with E-state index in [9.17, 15) is 28.3 Å². The number of methoxy groups -OCH3 is 1. The van der Waals surface area contributed by atoms with E-state index in [2.05, 4.69) is 15.6 Å². The van der Waals surface area contributed by atoms with Crippen LogP contribution in [0.2, 0.25) is 5.02 Å². The first kappa shape index (κ1) is 32.3. The lowest BCUT2D eigenvalue weighted by molar-refractivity contribution is -0.138. The van der Waals surface area contributed by atoms with Gasteiger partial charge in [-0.05, 0) is 49.6 Å². The Labute approximate surface area is 264 Å². The molecule has 0 spiro atoms. The van der Waals surface area contributed by atoms with Gasteiger partial charge in [-0.2, -0.15) is 4.39 Å². The minimum Gasteiger partial charge on any atom is -0.494 e. The van der Waals surface area contributed by atoms with Gasteiger partial charge in [-0.1, -0.05) is 11.6 Å². The van der Waals surface area contributed by atoms with E-state index >= 15 is 0 Å². The fourth-order valence-electron chi connectivity index (χ4n) is 5.84. The first-order valence-electron chi connectivity index (χ1n) is 14.7. The normalized spacial score (nSPS) is 17.3. The summed E-state index contributed by atoms with van der Waals surface area (Å²) in [5.41, 5.74) is 0.678. The summed E-state index contributed by atoms with van der Waals surface area (Å²) in [4.78, 5) is 47.0. The third kappa shape index (κ3) is 6.80. The molecule has 0 radical (unpaired) electrons. The number of piperidine rings is 1. The molecule has 240 valence electrons. The number of anilines is 1. The molecule has 0 aliphatic carbocycles. The minimum absolute atomic E-state index is 0.0564. The summed E-state index contributed by atoms with van der Waals surface area (Å²) in [6.07, 6.45) is 2.95. The van der Waals surface area contributed by atoms with Crippen LogP contribution >= 0.6 is 11.6 Å². The molecule has 14 heteroatoms. The Balaban J connectivity index is 1.19. The van der Waals surface area contributed by atoms with Gasteiger partial charge in [0, 0.05) is 69.6 Å². The van der Waals surface area contributed by atoms with Gasteiger partial charge in [-0.25, -0.2) is 9.37 Å². The van der Waals surface area contributed by atoms with Gasteiger partial charge in [0.25, 0.3) is 11.8 Å². The second-order valence-electron chi connectivity index (χ2n) is 11.1. The molecule has 2 aromatic carbocycles. The second kappa shape index (κ2) is 13.9. The lowest BCUT2D eigenvalue weighted by atomic mass is 9.94. The number of aromatic nitrogens is 2. The zero-order valence-corrected chi connectivity index (χ0v) is 25.7. The summed E-state index contributed by atoms with van der Waals surface area (Å²) in [7, 11) is 2.73. The zero-order chi connectivity index (χ0) is 32.2. The topological polar surface area (TPSA) is 129 Å². The second-order valence-corrected chi connectivity index (χ2v) is 11.5. The number of nitrogens with one attached hydrogen (secondary N) is 2. The number of nitrogens with zero attached hydrogens (tertiary/aromatic N) is 4. The number of aliphatic hydroxyl groups is 1. The van der Waals surface area contributed by atoms with Crippen molar-refractivity contribution in [1.29, 1.82) is 0 Å². The number of carbonyl (C=O) groups is 3. The van der Waals surface area contributed by atoms with Crippen LogP contribution in [-0.2, 0) is 11.8 Å². The summed E-state index contributed by atoms with van der Waals surface area (Å²) in [5, 5.41) is 15.4. The van der Waals surface area contributed by atoms with Gasteiger partial charge in [0.2, 0.25) is 11.7 Å². The number of halogens is 3. The number of ether oxygens (including phenoxy) is 1. The highest BCUT2D eigenvalue weighted by molar-refractivity contribution is 6.34. The molecule has 0 saturated carbocycles. The fraction of sp³-hybridized carbons (Fsp3) is 0.419. The summed E-state index contributed by atoms with van der Waals surface area (Å²) >= 11 is 6.47. The Bertz CT molecular complexity index is 1590. The van der Waals surface area contributed by atoms with Gasteiger partial charge in [-0.15, -0.1) is 0 Å². The van der Waals surface area contributed by atoms with Crippen LogP contribution in [0.1, 0.15) is 40.2 Å². The van der Waals surface area contributed by atoms with Crippen LogP contribution in [0.15, 0.2) is 36.5 Å². The summed E-state index contributed by atoms with van der Waals surface area (Å²) < 4.78 is 35.1. The highest BCUT2D eigenvalue weighted by Gasteiger charge is 2.33. The summed E-state index contributed by atoms with van der Waals surface area (Å²) in [6, 6.07) is 7.24. The van der Waals surface area contributed by atoms with Gasteiger partial charge in [-0.3, -0.25) is 14.4 Å². The summed E-state index contributed by atoms with van der Waals surface area (Å²) in [5.74, 6) is -3.53. The molecule has 2 saturated heterocycles. The van der Waals surface area contributed by atoms with Crippen molar-refractivity contribution in [1.82, 2.24) is 24.7 Å². The maximum atomic E-state index is 14.7. The van der Waals surface area contributed by atoms with Crippen molar-refractivity contribution in [3.8, 4) is 17.0 Å². The van der Waals surface area contributed by atoms with E-state index in [1.165, 1.54) is 49.2 Å². The lowest BCUT2D eigenvalue weighted by Crippen LogP contribution is -2.55. The van der Waals surface area contributed by atoms with Gasteiger partial charge in [0.1, 0.15) is 0 Å². The van der Waals surface area contributed by atoms with Crippen LogP contribution < -0.4 is 15.4 Å². The quantitative estimate of drug-likeness (QED) is 0.343. The number of rotatable bonds is 8. The summed E-state index contributed by atoms with van der Waals surface area (Å²) in [6.45, 7) is 2.78. The largest absolute Gasteiger partial charge is 0.494 e. The molecular weight excluding hydrogens is 610 g/mol. The monoisotopic (exact) mass is 644 g/mol. The lowest BCUT2D eigenvalue weighted by Gasteiger charge is -2.38. The molecule has 11 nitrogen and oxygen atoms in total. The first-order chi connectivity index (χ1) is 21.6. The van der Waals surface area contributed by atoms with Crippen molar-refractivity contribution in [2.45, 2.75) is 25.3 Å². The predicted octanol–water partition coefficient (Wildman–Crippen LogP) is 3.31. The maximum Gasteiger partial charge on any atom is 0.291 e. The number of hydrogen-bond acceptors (Lipinski definition) is 7. The van der Waals surface area contributed by atoms with Crippen LogP contribution in [0.3, 0.4) is 0 Å². The Morgan fingerprint density at radius 2 is 1.87 bits per heavy atom. The molecule has 3 N–H and O–H groups in total. The third-order valence-electron chi connectivity index (χ3n) is 8.37. The molecule has 2 fully saturated rings. The standard InChI is InChI=1S/C31H35ClF2N6O5/c1-38-24(22-5-6-25(45-2)27(34)26(22)33)16-36-28(38)29(42)37-19-3-4-21(23(32)15-19)31(44)39-11-7-18(8-12-39)30(43)40-13-10-35-20(17-40)9-14-41/h3-6,15-16,18,20,35,41H,7-14,17H2,1-2H3,(H,37,42). The Morgan fingerprint density at radius 3 is 2.56 bits per heavy atom. The van der Waals surface area contributed by atoms with Crippen molar-refractivity contribution in [2.75, 3.05) is 51.8 Å². The molecule has 2 aliphatic rings. The number of benzene rings is 2. The van der Waals surface area contributed by atoms with Crippen LogP contribution in [-0.4, -0.2) is 94.7 Å². The van der Waals surface area contributed by atoms with Crippen LogP contribution in [0.4, 0.5) is 14.5 Å². The molecule has 5 rings (SSSR count). The van der Waals surface area contributed by atoms with E-state index in [0.717, 1.165) is 0 Å². The van der Waals surface area contributed by atoms with Gasteiger partial charge in [0.15, 0.2) is 17.4 Å². The SMILES string of the molecule is COc1ccc(-c2cnc(C(=O)Nc3ccc(C(=O)N4CCC(C(=O)N5CCNC(CCO)C5)CC4)c(Cl)c3)n2C)c(F)c1F.